The number of carbonyl (C=O) groups excluding carboxylic acids is 1. The Morgan fingerprint density at radius 2 is 2.06 bits per heavy atom. The van der Waals surface area contributed by atoms with Crippen LogP contribution in [0.1, 0.15) is 47.9 Å². The summed E-state index contributed by atoms with van der Waals surface area (Å²) in [4.78, 5) is 29.0. The number of ketones is 1. The van der Waals surface area contributed by atoms with Crippen LogP contribution >= 0.6 is 0 Å². The van der Waals surface area contributed by atoms with E-state index in [0.29, 0.717) is 18.9 Å². The van der Waals surface area contributed by atoms with E-state index in [1.54, 1.807) is 6.20 Å². The molecule has 162 valence electrons. The Labute approximate surface area is 186 Å². The van der Waals surface area contributed by atoms with E-state index in [1.165, 1.54) is 0 Å². The molecule has 7 heteroatoms. The maximum absolute atomic E-state index is 12.5. The first kappa shape index (κ1) is 20.2. The zero-order valence-corrected chi connectivity index (χ0v) is 18.1. The molecule has 5 rings (SSSR count). The number of nitrogens with two attached hydrogens (primary N) is 1. The third-order valence-corrected chi connectivity index (χ3v) is 5.74. The minimum atomic E-state index is 0.0866. The molecule has 0 spiro atoms. The van der Waals surface area contributed by atoms with Crippen LogP contribution in [0.25, 0.3) is 22.3 Å². The SMILES string of the molecule is CC(C)CC(=O)c1ccc2c(c1)CC(c1nc3ccc(-c4ccnc(N)n4)cc3[nH]1)CO2. The Kier molecular flexibility index (Phi) is 5.09. The number of H-pyrrole nitrogens is 1. The van der Waals surface area contributed by atoms with E-state index in [9.17, 15) is 4.79 Å². The molecule has 0 aliphatic carbocycles. The molecular formula is C25H25N5O2. The van der Waals surface area contributed by atoms with Crippen molar-refractivity contribution >= 4 is 22.8 Å². The fourth-order valence-corrected chi connectivity index (χ4v) is 4.15. The van der Waals surface area contributed by atoms with Gasteiger partial charge in [0.1, 0.15) is 11.6 Å². The van der Waals surface area contributed by atoms with Gasteiger partial charge in [-0.25, -0.2) is 15.0 Å². The second-order valence-electron chi connectivity index (χ2n) is 8.71. The molecule has 1 atom stereocenters. The van der Waals surface area contributed by atoms with Crippen LogP contribution < -0.4 is 10.5 Å². The molecule has 0 radical (unpaired) electrons. The molecule has 0 fully saturated rings. The summed E-state index contributed by atoms with van der Waals surface area (Å²) in [5.74, 6) is 2.57. The maximum Gasteiger partial charge on any atom is 0.220 e. The predicted molar refractivity (Wildman–Crippen MR) is 124 cm³/mol. The van der Waals surface area contributed by atoms with E-state index in [0.717, 1.165) is 51.4 Å². The second-order valence-corrected chi connectivity index (χ2v) is 8.71. The predicted octanol–water partition coefficient (Wildman–Crippen LogP) is 4.55. The summed E-state index contributed by atoms with van der Waals surface area (Å²) in [5.41, 5.74) is 11.1. The van der Waals surface area contributed by atoms with Crippen molar-refractivity contribution in [3.8, 4) is 17.0 Å². The van der Waals surface area contributed by atoms with Crippen LogP contribution in [0.4, 0.5) is 5.95 Å². The normalized spacial score (nSPS) is 15.5. The molecule has 3 heterocycles. The highest BCUT2D eigenvalue weighted by molar-refractivity contribution is 5.96. The van der Waals surface area contributed by atoms with Crippen molar-refractivity contribution in [3.63, 3.8) is 0 Å². The molecule has 3 N–H and O–H groups in total. The summed E-state index contributed by atoms with van der Waals surface area (Å²) >= 11 is 0. The Hall–Kier alpha value is -3.74. The first-order chi connectivity index (χ1) is 15.5. The zero-order chi connectivity index (χ0) is 22.2. The van der Waals surface area contributed by atoms with Gasteiger partial charge in [-0.05, 0) is 54.3 Å². The number of benzene rings is 2. The molecule has 0 bridgehead atoms. The standard InChI is InChI=1S/C25H25N5O2/c1-14(2)9-22(31)16-4-6-23-17(10-16)11-18(13-32-23)24-28-20-5-3-15(12-21(20)29-24)19-7-8-27-25(26)30-19/h3-8,10,12,14,18H,9,11,13H2,1-2H3,(H,28,29)(H2,26,27,30). The van der Waals surface area contributed by atoms with Crippen LogP contribution in [-0.4, -0.2) is 32.3 Å². The number of rotatable bonds is 5. The summed E-state index contributed by atoms with van der Waals surface area (Å²) in [6.45, 7) is 4.66. The lowest BCUT2D eigenvalue weighted by Crippen LogP contribution is -2.20. The van der Waals surface area contributed by atoms with Crippen LogP contribution in [0.5, 0.6) is 5.75 Å². The number of hydrogen-bond acceptors (Lipinski definition) is 6. The van der Waals surface area contributed by atoms with Gasteiger partial charge in [-0.1, -0.05) is 19.9 Å². The minimum Gasteiger partial charge on any atom is -0.493 e. The van der Waals surface area contributed by atoms with Crippen molar-refractivity contribution in [1.82, 2.24) is 19.9 Å². The number of nitrogen functional groups attached to an aromatic ring is 1. The number of fused-ring (bicyclic) bond motifs is 2. The monoisotopic (exact) mass is 427 g/mol. The van der Waals surface area contributed by atoms with E-state index in [4.69, 9.17) is 15.5 Å². The minimum absolute atomic E-state index is 0.0866. The average molecular weight is 428 g/mol. The van der Waals surface area contributed by atoms with Gasteiger partial charge in [0, 0.05) is 23.7 Å². The van der Waals surface area contributed by atoms with E-state index in [-0.39, 0.29) is 17.6 Å². The molecule has 1 unspecified atom stereocenters. The van der Waals surface area contributed by atoms with Gasteiger partial charge >= 0.3 is 0 Å². The van der Waals surface area contributed by atoms with Crippen molar-refractivity contribution in [2.75, 3.05) is 12.3 Å². The highest BCUT2D eigenvalue weighted by atomic mass is 16.5. The Morgan fingerprint density at radius 1 is 1.19 bits per heavy atom. The first-order valence-corrected chi connectivity index (χ1v) is 10.8. The lowest BCUT2D eigenvalue weighted by Gasteiger charge is -2.24. The number of aromatic amines is 1. The van der Waals surface area contributed by atoms with Crippen molar-refractivity contribution in [1.29, 1.82) is 0 Å². The third kappa shape index (κ3) is 3.93. The molecule has 1 aliphatic heterocycles. The number of anilines is 1. The van der Waals surface area contributed by atoms with Crippen LogP contribution in [0.3, 0.4) is 0 Å². The average Bonchev–Trinajstić information content (AvgIpc) is 3.21. The quantitative estimate of drug-likeness (QED) is 0.453. The number of nitrogens with one attached hydrogen (secondary N) is 1. The van der Waals surface area contributed by atoms with E-state index >= 15 is 0 Å². The van der Waals surface area contributed by atoms with Gasteiger partial charge in [0.25, 0.3) is 0 Å². The lowest BCUT2D eigenvalue weighted by atomic mass is 9.92. The largest absolute Gasteiger partial charge is 0.493 e. The first-order valence-electron chi connectivity index (χ1n) is 10.8. The second kappa shape index (κ2) is 8.07. The Bertz CT molecular complexity index is 1310. The van der Waals surface area contributed by atoms with Crippen molar-refractivity contribution in [3.05, 3.63) is 65.6 Å². The number of imidazole rings is 1. The number of hydrogen-bond donors (Lipinski definition) is 2. The molecule has 2 aromatic carbocycles. The molecule has 32 heavy (non-hydrogen) atoms. The van der Waals surface area contributed by atoms with Crippen molar-refractivity contribution < 1.29 is 9.53 Å². The summed E-state index contributed by atoms with van der Waals surface area (Å²) in [7, 11) is 0. The fourth-order valence-electron chi connectivity index (χ4n) is 4.15. The van der Waals surface area contributed by atoms with Crippen LogP contribution in [0, 0.1) is 5.92 Å². The van der Waals surface area contributed by atoms with Gasteiger partial charge in [-0.15, -0.1) is 0 Å². The lowest BCUT2D eigenvalue weighted by molar-refractivity contribution is 0.0967. The Morgan fingerprint density at radius 3 is 2.88 bits per heavy atom. The molecule has 0 amide bonds. The summed E-state index contributed by atoms with van der Waals surface area (Å²) in [5, 5.41) is 0. The van der Waals surface area contributed by atoms with Gasteiger partial charge in [0.15, 0.2) is 5.78 Å². The summed E-state index contributed by atoms with van der Waals surface area (Å²) in [6.07, 6.45) is 2.97. The van der Waals surface area contributed by atoms with Crippen LogP contribution in [-0.2, 0) is 6.42 Å². The maximum atomic E-state index is 12.5. The number of Topliss-reactive ketones (excluding diaryl/α,β-unsaturated/α-hetero) is 1. The van der Waals surface area contributed by atoms with Crippen LogP contribution in [0.15, 0.2) is 48.7 Å². The van der Waals surface area contributed by atoms with Gasteiger partial charge in [-0.2, -0.15) is 0 Å². The molecule has 7 nitrogen and oxygen atoms in total. The molecule has 2 aromatic heterocycles. The van der Waals surface area contributed by atoms with E-state index < -0.39 is 0 Å². The summed E-state index contributed by atoms with van der Waals surface area (Å²) in [6, 6.07) is 13.6. The van der Waals surface area contributed by atoms with Crippen LogP contribution in [0.2, 0.25) is 0 Å². The number of aromatic nitrogens is 4. The highest BCUT2D eigenvalue weighted by Gasteiger charge is 2.25. The highest BCUT2D eigenvalue weighted by Crippen LogP contribution is 2.33. The summed E-state index contributed by atoms with van der Waals surface area (Å²) < 4.78 is 6.01. The molecular weight excluding hydrogens is 402 g/mol. The molecule has 0 saturated carbocycles. The topological polar surface area (TPSA) is 107 Å². The van der Waals surface area contributed by atoms with Gasteiger partial charge in [0.05, 0.1) is 29.3 Å². The van der Waals surface area contributed by atoms with E-state index in [1.807, 2.05) is 42.5 Å². The Balaban J connectivity index is 1.41. The van der Waals surface area contributed by atoms with Gasteiger partial charge in [-0.3, -0.25) is 4.79 Å². The number of nitrogens with zero attached hydrogens (tertiary/aromatic N) is 3. The molecule has 0 saturated heterocycles. The zero-order valence-electron chi connectivity index (χ0n) is 18.1. The fraction of sp³-hybridized carbons (Fsp3) is 0.280. The van der Waals surface area contributed by atoms with Crippen molar-refractivity contribution in [2.24, 2.45) is 5.92 Å². The third-order valence-electron chi connectivity index (χ3n) is 5.74. The number of ether oxygens (including phenoxy) is 1. The van der Waals surface area contributed by atoms with Crippen molar-refractivity contribution in [2.45, 2.75) is 32.6 Å². The van der Waals surface area contributed by atoms with Gasteiger partial charge in [0.2, 0.25) is 5.95 Å². The molecule has 1 aliphatic rings. The number of carbonyl (C=O) groups is 1. The molecule has 4 aromatic rings. The van der Waals surface area contributed by atoms with E-state index in [2.05, 4.69) is 28.8 Å². The smallest absolute Gasteiger partial charge is 0.220 e. The van der Waals surface area contributed by atoms with Gasteiger partial charge < -0.3 is 15.5 Å².